The first kappa shape index (κ1) is 15.2. The van der Waals surface area contributed by atoms with Gasteiger partial charge in [-0.15, -0.1) is 0 Å². The summed E-state index contributed by atoms with van der Waals surface area (Å²) in [5.41, 5.74) is 0.568. The average Bonchev–Trinajstić information content (AvgIpc) is 2.24. The summed E-state index contributed by atoms with van der Waals surface area (Å²) in [6, 6.07) is 2.49. The van der Waals surface area contributed by atoms with E-state index in [4.69, 9.17) is 28.3 Å². The zero-order chi connectivity index (χ0) is 14.1. The van der Waals surface area contributed by atoms with Gasteiger partial charge in [0.15, 0.2) is 0 Å². The van der Waals surface area contributed by atoms with E-state index in [2.05, 4.69) is 0 Å². The van der Waals surface area contributed by atoms with E-state index in [9.17, 15) is 13.2 Å². The summed E-state index contributed by atoms with van der Waals surface area (Å²) in [6.07, 6.45) is 0. The number of hydrogen-bond acceptors (Lipinski definition) is 3. The van der Waals surface area contributed by atoms with E-state index in [0.29, 0.717) is 9.87 Å². The van der Waals surface area contributed by atoms with Gasteiger partial charge in [0, 0.05) is 17.1 Å². The predicted molar refractivity (Wildman–Crippen MR) is 68.7 cm³/mol. The Hall–Kier alpha value is -0.820. The summed E-state index contributed by atoms with van der Waals surface area (Å²) in [4.78, 5) is 10.4. The third-order valence-electron chi connectivity index (χ3n) is 2.32. The number of rotatable bonds is 4. The Kier molecular flexibility index (Phi) is 4.61. The molecule has 1 aromatic rings. The molecule has 0 fully saturated rings. The number of sulfonamides is 1. The Morgan fingerprint density at radius 2 is 1.78 bits per heavy atom. The van der Waals surface area contributed by atoms with Crippen LogP contribution in [0.3, 0.4) is 0 Å². The van der Waals surface area contributed by atoms with E-state index in [1.165, 1.54) is 19.2 Å². The lowest BCUT2D eigenvalue weighted by Gasteiger charge is -2.15. The monoisotopic (exact) mass is 311 g/mol. The minimum Gasteiger partial charge on any atom is -0.480 e. The van der Waals surface area contributed by atoms with Crippen LogP contribution in [0, 0.1) is 6.92 Å². The number of benzene rings is 1. The van der Waals surface area contributed by atoms with Crippen LogP contribution in [-0.4, -0.2) is 37.4 Å². The highest BCUT2D eigenvalue weighted by atomic mass is 35.5. The SMILES string of the molecule is Cc1c(Cl)cc(S(=O)(=O)N(C)CC(=O)O)cc1Cl. The molecule has 1 N–H and O–H groups in total. The van der Waals surface area contributed by atoms with E-state index >= 15 is 0 Å². The molecule has 0 spiro atoms. The summed E-state index contributed by atoms with van der Waals surface area (Å²) >= 11 is 11.7. The third-order valence-corrected chi connectivity index (χ3v) is 4.89. The molecule has 0 aliphatic rings. The summed E-state index contributed by atoms with van der Waals surface area (Å²) in [5, 5.41) is 9.01. The topological polar surface area (TPSA) is 74.7 Å². The second kappa shape index (κ2) is 5.44. The fourth-order valence-corrected chi connectivity index (χ4v) is 3.02. The minimum absolute atomic E-state index is 0.133. The first-order chi connectivity index (χ1) is 8.16. The maximum Gasteiger partial charge on any atom is 0.318 e. The molecule has 0 aliphatic carbocycles. The van der Waals surface area contributed by atoms with E-state index in [0.717, 1.165) is 0 Å². The molecular formula is C10H11Cl2NO4S. The van der Waals surface area contributed by atoms with E-state index in [1.54, 1.807) is 6.92 Å². The molecule has 0 aliphatic heterocycles. The van der Waals surface area contributed by atoms with Crippen LogP contribution in [0.25, 0.3) is 0 Å². The molecule has 1 rings (SSSR count). The quantitative estimate of drug-likeness (QED) is 0.923. The standard InChI is InChI=1S/C10H11Cl2NO4S/c1-6-8(11)3-7(4-9(6)12)18(16,17)13(2)5-10(14)15/h3-4H,5H2,1-2H3,(H,14,15). The molecule has 0 heterocycles. The number of carbonyl (C=O) groups is 1. The van der Waals surface area contributed by atoms with Gasteiger partial charge < -0.3 is 5.11 Å². The van der Waals surface area contributed by atoms with Gasteiger partial charge in [-0.3, -0.25) is 4.79 Å². The largest absolute Gasteiger partial charge is 0.480 e. The van der Waals surface area contributed by atoms with Crippen molar-refractivity contribution >= 4 is 39.2 Å². The van der Waals surface area contributed by atoms with Crippen molar-refractivity contribution in [2.24, 2.45) is 0 Å². The summed E-state index contributed by atoms with van der Waals surface area (Å²) in [6.45, 7) is 1.02. The normalized spacial score (nSPS) is 11.8. The smallest absolute Gasteiger partial charge is 0.318 e. The van der Waals surface area contributed by atoms with Crippen molar-refractivity contribution < 1.29 is 18.3 Å². The van der Waals surface area contributed by atoms with Gasteiger partial charge in [-0.25, -0.2) is 8.42 Å². The van der Waals surface area contributed by atoms with Gasteiger partial charge in [0.25, 0.3) is 0 Å². The van der Waals surface area contributed by atoms with Crippen molar-refractivity contribution in [1.82, 2.24) is 4.31 Å². The van der Waals surface area contributed by atoms with E-state index in [1.807, 2.05) is 0 Å². The molecule has 18 heavy (non-hydrogen) atoms. The summed E-state index contributed by atoms with van der Waals surface area (Å²) < 4.78 is 24.8. The lowest BCUT2D eigenvalue weighted by Crippen LogP contribution is -2.32. The third kappa shape index (κ3) is 3.14. The molecule has 0 aromatic heterocycles. The maximum atomic E-state index is 12.0. The highest BCUT2D eigenvalue weighted by Gasteiger charge is 2.24. The van der Waals surface area contributed by atoms with E-state index in [-0.39, 0.29) is 14.9 Å². The molecule has 5 nitrogen and oxygen atoms in total. The molecular weight excluding hydrogens is 301 g/mol. The zero-order valence-corrected chi connectivity index (χ0v) is 12.0. The second-order valence-corrected chi connectivity index (χ2v) is 6.53. The Bertz CT molecular complexity index is 563. The number of aliphatic carboxylic acids is 1. The lowest BCUT2D eigenvalue weighted by molar-refractivity contribution is -0.137. The van der Waals surface area contributed by atoms with Crippen LogP contribution in [0.5, 0.6) is 0 Å². The summed E-state index contributed by atoms with van der Waals surface area (Å²) in [7, 11) is -2.74. The van der Waals surface area contributed by atoms with Crippen molar-refractivity contribution in [3.05, 3.63) is 27.7 Å². The Labute approximate surface area is 115 Å². The van der Waals surface area contributed by atoms with Gasteiger partial charge in [-0.2, -0.15) is 4.31 Å². The molecule has 0 radical (unpaired) electrons. The van der Waals surface area contributed by atoms with Crippen molar-refractivity contribution in [1.29, 1.82) is 0 Å². The number of hydrogen-bond donors (Lipinski definition) is 1. The average molecular weight is 312 g/mol. The summed E-state index contributed by atoms with van der Waals surface area (Å²) in [5.74, 6) is -1.25. The van der Waals surface area contributed by atoms with Crippen molar-refractivity contribution in [3.8, 4) is 0 Å². The van der Waals surface area contributed by atoms with Gasteiger partial charge in [-0.05, 0) is 24.6 Å². The van der Waals surface area contributed by atoms with Gasteiger partial charge in [-0.1, -0.05) is 23.2 Å². The second-order valence-electron chi connectivity index (χ2n) is 3.67. The number of halogens is 2. The molecule has 8 heteroatoms. The number of carboxylic acid groups (broad SMARTS) is 1. The van der Waals surface area contributed by atoms with Gasteiger partial charge in [0.2, 0.25) is 10.0 Å². The van der Waals surface area contributed by atoms with Gasteiger partial charge >= 0.3 is 5.97 Å². The predicted octanol–water partition coefficient (Wildman–Crippen LogP) is 2.01. The lowest BCUT2D eigenvalue weighted by atomic mass is 10.2. The van der Waals surface area contributed by atoms with Crippen LogP contribution in [0.15, 0.2) is 17.0 Å². The van der Waals surface area contributed by atoms with Gasteiger partial charge in [0.1, 0.15) is 6.54 Å². The van der Waals surface area contributed by atoms with Crippen LogP contribution in [-0.2, 0) is 14.8 Å². The molecule has 0 unspecified atom stereocenters. The van der Waals surface area contributed by atoms with Crippen LogP contribution in [0.4, 0.5) is 0 Å². The number of nitrogens with zero attached hydrogens (tertiary/aromatic N) is 1. The van der Waals surface area contributed by atoms with Gasteiger partial charge in [0.05, 0.1) is 4.90 Å². The number of carboxylic acids is 1. The van der Waals surface area contributed by atoms with Crippen LogP contribution >= 0.6 is 23.2 Å². The van der Waals surface area contributed by atoms with Crippen molar-refractivity contribution in [2.45, 2.75) is 11.8 Å². The Balaban J connectivity index is 3.25. The molecule has 0 amide bonds. The van der Waals surface area contributed by atoms with Crippen molar-refractivity contribution in [2.75, 3.05) is 13.6 Å². The van der Waals surface area contributed by atoms with Crippen LogP contribution < -0.4 is 0 Å². The van der Waals surface area contributed by atoms with Crippen LogP contribution in [0.1, 0.15) is 5.56 Å². The Morgan fingerprint density at radius 1 is 1.33 bits per heavy atom. The molecule has 0 atom stereocenters. The molecule has 1 aromatic carbocycles. The molecule has 0 bridgehead atoms. The fraction of sp³-hybridized carbons (Fsp3) is 0.300. The zero-order valence-electron chi connectivity index (χ0n) is 9.65. The first-order valence-corrected chi connectivity index (χ1v) is 6.99. The number of likely N-dealkylation sites (N-methyl/N-ethyl adjacent to an activating group) is 1. The molecule has 0 saturated heterocycles. The molecule has 100 valence electrons. The van der Waals surface area contributed by atoms with Crippen LogP contribution in [0.2, 0.25) is 10.0 Å². The maximum absolute atomic E-state index is 12.0. The minimum atomic E-state index is -3.91. The highest BCUT2D eigenvalue weighted by Crippen LogP contribution is 2.28. The Morgan fingerprint density at radius 3 is 2.17 bits per heavy atom. The first-order valence-electron chi connectivity index (χ1n) is 4.80. The van der Waals surface area contributed by atoms with Crippen molar-refractivity contribution in [3.63, 3.8) is 0 Å². The molecule has 0 saturated carbocycles. The highest BCUT2D eigenvalue weighted by molar-refractivity contribution is 7.89. The van der Waals surface area contributed by atoms with E-state index < -0.39 is 22.5 Å². The fourth-order valence-electron chi connectivity index (χ4n) is 1.23.